The molecule has 8 nitrogen and oxygen atoms in total. The summed E-state index contributed by atoms with van der Waals surface area (Å²) in [6, 6.07) is 14.4. The minimum absolute atomic E-state index is 0.0416. The van der Waals surface area contributed by atoms with Crippen LogP contribution in [-0.2, 0) is 4.79 Å². The van der Waals surface area contributed by atoms with E-state index in [-0.39, 0.29) is 40.0 Å². The smallest absolute Gasteiger partial charge is 0.258 e. The van der Waals surface area contributed by atoms with Crippen LogP contribution < -0.4 is 10.5 Å². The van der Waals surface area contributed by atoms with E-state index in [1.807, 2.05) is 30.9 Å². The minimum Gasteiger partial charge on any atom is -0.506 e. The maximum absolute atomic E-state index is 13.4. The summed E-state index contributed by atoms with van der Waals surface area (Å²) in [6.07, 6.45) is 0. The van der Waals surface area contributed by atoms with Gasteiger partial charge < -0.3 is 19.9 Å². The number of aromatic hydroxyl groups is 1. The Kier molecular flexibility index (Phi) is 4.85. The lowest BCUT2D eigenvalue weighted by Crippen LogP contribution is -2.49. The van der Waals surface area contributed by atoms with E-state index in [1.54, 1.807) is 24.3 Å². The number of nitrogens with one attached hydrogen (secondary N) is 1. The van der Waals surface area contributed by atoms with E-state index in [1.165, 1.54) is 6.07 Å². The zero-order valence-corrected chi connectivity index (χ0v) is 18.6. The fraction of sp³-hybridized carbons (Fsp3) is 0.360. The van der Waals surface area contributed by atoms with E-state index >= 15 is 0 Å². The summed E-state index contributed by atoms with van der Waals surface area (Å²) in [6.45, 7) is 6.69. The first kappa shape index (κ1) is 21.0. The van der Waals surface area contributed by atoms with Crippen molar-refractivity contribution in [2.24, 2.45) is 11.3 Å². The van der Waals surface area contributed by atoms with E-state index < -0.39 is 0 Å². The fourth-order valence-electron chi connectivity index (χ4n) is 5.05. The van der Waals surface area contributed by atoms with Gasteiger partial charge in [0.25, 0.3) is 5.56 Å². The Hall–Kier alpha value is -3.86. The summed E-state index contributed by atoms with van der Waals surface area (Å²) in [5, 5.41) is 19.5. The van der Waals surface area contributed by atoms with Crippen LogP contribution in [0, 0.1) is 22.7 Å². The van der Waals surface area contributed by atoms with Gasteiger partial charge in [0.2, 0.25) is 5.91 Å². The van der Waals surface area contributed by atoms with Crippen LogP contribution in [0.2, 0.25) is 0 Å². The third-order valence-electron chi connectivity index (χ3n) is 7.07. The number of rotatable bonds is 3. The van der Waals surface area contributed by atoms with Gasteiger partial charge in [0.1, 0.15) is 17.1 Å². The van der Waals surface area contributed by atoms with Gasteiger partial charge in [-0.05, 0) is 41.8 Å². The van der Waals surface area contributed by atoms with E-state index in [2.05, 4.69) is 20.9 Å². The number of carbonyl (C=O) groups is 1. The number of anilines is 1. The molecule has 2 atom stereocenters. The normalized spacial score (nSPS) is 21.6. The highest BCUT2D eigenvalue weighted by atomic mass is 16.3. The number of nitriles is 1. The van der Waals surface area contributed by atoms with Gasteiger partial charge in [0.15, 0.2) is 0 Å². The van der Waals surface area contributed by atoms with E-state index in [0.29, 0.717) is 43.0 Å². The van der Waals surface area contributed by atoms with Crippen molar-refractivity contribution >= 4 is 22.5 Å². The Labute approximate surface area is 191 Å². The Balaban J connectivity index is 1.32. The molecule has 0 radical (unpaired) electrons. The highest BCUT2D eigenvalue weighted by Gasteiger charge is 2.64. The van der Waals surface area contributed by atoms with E-state index in [9.17, 15) is 14.7 Å². The van der Waals surface area contributed by atoms with Crippen molar-refractivity contribution in [2.75, 3.05) is 31.1 Å². The molecule has 2 unspecified atom stereocenters. The molecule has 3 aromatic rings. The summed E-state index contributed by atoms with van der Waals surface area (Å²) in [7, 11) is 0. The number of piperazine rings is 1. The monoisotopic (exact) mass is 443 g/mol. The molecule has 2 aliphatic rings. The molecule has 1 aliphatic carbocycles. The third kappa shape index (κ3) is 3.50. The van der Waals surface area contributed by atoms with Crippen LogP contribution in [0.25, 0.3) is 10.9 Å². The van der Waals surface area contributed by atoms with Crippen LogP contribution in [-0.4, -0.2) is 52.1 Å². The lowest BCUT2D eigenvalue weighted by Gasteiger charge is -2.36. The average Bonchev–Trinajstić information content (AvgIpc) is 3.41. The Morgan fingerprint density at radius 2 is 1.85 bits per heavy atom. The van der Waals surface area contributed by atoms with Crippen LogP contribution in [0.4, 0.5) is 5.69 Å². The van der Waals surface area contributed by atoms with Crippen molar-refractivity contribution in [3.8, 4) is 11.8 Å². The van der Waals surface area contributed by atoms with Crippen LogP contribution in [0.15, 0.2) is 47.3 Å². The molecule has 33 heavy (non-hydrogen) atoms. The first-order valence-corrected chi connectivity index (χ1v) is 11.1. The first-order chi connectivity index (χ1) is 15.8. The van der Waals surface area contributed by atoms with Crippen LogP contribution >= 0.6 is 0 Å². The standard InChI is InChI=1S/C25H25N5O3/c1-25(2)19(22-27-21-17(23(32)28-22)4-3-5-18(21)31)20(25)24(33)30-12-10-29(11-13-30)16-8-6-15(14-26)7-9-16/h3-9,19-20,31H,10-13H2,1-2H3,(H,27,28,32). The van der Waals surface area contributed by atoms with Gasteiger partial charge in [-0.1, -0.05) is 19.9 Å². The number of fused-ring (bicyclic) bond motifs is 1. The number of para-hydroxylation sites is 1. The number of nitrogens with zero attached hydrogens (tertiary/aromatic N) is 4. The number of benzene rings is 2. The van der Waals surface area contributed by atoms with Gasteiger partial charge >= 0.3 is 0 Å². The van der Waals surface area contributed by atoms with Gasteiger partial charge in [-0.2, -0.15) is 5.26 Å². The van der Waals surface area contributed by atoms with Gasteiger partial charge in [-0.15, -0.1) is 0 Å². The van der Waals surface area contributed by atoms with Crippen molar-refractivity contribution in [1.29, 1.82) is 5.26 Å². The number of phenolic OH excluding ortho intramolecular Hbond substituents is 1. The first-order valence-electron chi connectivity index (χ1n) is 11.1. The molecule has 5 rings (SSSR count). The molecule has 1 saturated heterocycles. The average molecular weight is 444 g/mol. The second kappa shape index (κ2) is 7.62. The predicted molar refractivity (Wildman–Crippen MR) is 124 cm³/mol. The summed E-state index contributed by atoms with van der Waals surface area (Å²) in [5.41, 5.74) is 1.29. The molecule has 1 aliphatic heterocycles. The van der Waals surface area contributed by atoms with Crippen LogP contribution in [0.5, 0.6) is 5.75 Å². The highest BCUT2D eigenvalue weighted by Crippen LogP contribution is 2.64. The molecule has 0 spiro atoms. The molecule has 2 N–H and O–H groups in total. The Morgan fingerprint density at radius 1 is 1.15 bits per heavy atom. The number of phenols is 1. The lowest BCUT2D eigenvalue weighted by atomic mass is 10.1. The number of amides is 1. The Morgan fingerprint density at radius 3 is 2.52 bits per heavy atom. The molecule has 0 bridgehead atoms. The number of aromatic nitrogens is 2. The largest absolute Gasteiger partial charge is 0.506 e. The summed E-state index contributed by atoms with van der Waals surface area (Å²) in [4.78, 5) is 37.4. The number of carbonyl (C=O) groups excluding carboxylic acids is 1. The predicted octanol–water partition coefficient (Wildman–Crippen LogP) is 2.59. The second-order valence-electron chi connectivity index (χ2n) is 9.37. The molecule has 8 heteroatoms. The minimum atomic E-state index is -0.338. The number of aromatic amines is 1. The van der Waals surface area contributed by atoms with E-state index in [0.717, 1.165) is 5.69 Å². The quantitative estimate of drug-likeness (QED) is 0.643. The molecule has 1 saturated carbocycles. The lowest BCUT2D eigenvalue weighted by molar-refractivity contribution is -0.133. The molecular formula is C25H25N5O3. The zero-order chi connectivity index (χ0) is 23.3. The molecule has 2 fully saturated rings. The van der Waals surface area contributed by atoms with Gasteiger partial charge in [0.05, 0.1) is 22.9 Å². The van der Waals surface area contributed by atoms with Crippen molar-refractivity contribution in [3.63, 3.8) is 0 Å². The number of hydrogen-bond acceptors (Lipinski definition) is 6. The van der Waals surface area contributed by atoms with Crippen LogP contribution in [0.1, 0.15) is 31.2 Å². The van der Waals surface area contributed by atoms with Gasteiger partial charge in [-0.3, -0.25) is 9.59 Å². The second-order valence-corrected chi connectivity index (χ2v) is 9.37. The molecule has 1 amide bonds. The summed E-state index contributed by atoms with van der Waals surface area (Å²) < 4.78 is 0. The molecule has 2 aromatic carbocycles. The Bertz CT molecular complexity index is 1330. The molecule has 2 heterocycles. The van der Waals surface area contributed by atoms with Crippen molar-refractivity contribution in [2.45, 2.75) is 19.8 Å². The molecule has 168 valence electrons. The zero-order valence-electron chi connectivity index (χ0n) is 18.6. The van der Waals surface area contributed by atoms with Gasteiger partial charge in [-0.25, -0.2) is 4.98 Å². The third-order valence-corrected chi connectivity index (χ3v) is 7.07. The highest BCUT2D eigenvalue weighted by molar-refractivity contribution is 5.86. The SMILES string of the molecule is CC1(C)C(C(=O)N2CCN(c3ccc(C#N)cc3)CC2)C1c1nc2c(O)cccc2c(=O)[nH]1. The van der Waals surface area contributed by atoms with E-state index in [4.69, 9.17) is 5.26 Å². The maximum atomic E-state index is 13.4. The maximum Gasteiger partial charge on any atom is 0.258 e. The van der Waals surface area contributed by atoms with Crippen molar-refractivity contribution < 1.29 is 9.90 Å². The van der Waals surface area contributed by atoms with Crippen molar-refractivity contribution in [3.05, 3.63) is 64.2 Å². The summed E-state index contributed by atoms with van der Waals surface area (Å²) >= 11 is 0. The van der Waals surface area contributed by atoms with Crippen molar-refractivity contribution in [1.82, 2.24) is 14.9 Å². The summed E-state index contributed by atoms with van der Waals surface area (Å²) in [5.74, 6) is 0.00172. The number of H-pyrrole nitrogens is 1. The fourth-order valence-corrected chi connectivity index (χ4v) is 5.05. The number of hydrogen-bond donors (Lipinski definition) is 2. The van der Waals surface area contributed by atoms with Gasteiger partial charge in [0, 0.05) is 37.8 Å². The topological polar surface area (TPSA) is 113 Å². The molecule has 1 aromatic heterocycles. The molecular weight excluding hydrogens is 418 g/mol. The van der Waals surface area contributed by atoms with Crippen LogP contribution in [0.3, 0.4) is 0 Å².